The minimum absolute atomic E-state index is 0.0559. The first-order chi connectivity index (χ1) is 9.49. The largest absolute Gasteiger partial charge is 0.325 e. The van der Waals surface area contributed by atoms with Gasteiger partial charge < -0.3 is 11.1 Å². The van der Waals surface area contributed by atoms with Gasteiger partial charge in [0, 0.05) is 12.2 Å². The number of aromatic nitrogens is 3. The van der Waals surface area contributed by atoms with Gasteiger partial charge in [-0.3, -0.25) is 4.79 Å². The highest BCUT2D eigenvalue weighted by Crippen LogP contribution is 2.27. The Morgan fingerprint density at radius 1 is 1.40 bits per heavy atom. The maximum Gasteiger partial charge on any atom is 0.246 e. The van der Waals surface area contributed by atoms with Crippen LogP contribution in [0.1, 0.15) is 5.69 Å². The third-order valence-corrected chi connectivity index (χ3v) is 2.92. The van der Waals surface area contributed by atoms with Gasteiger partial charge in [-0.1, -0.05) is 28.4 Å². The molecule has 106 valence electrons. The van der Waals surface area contributed by atoms with Crippen molar-refractivity contribution in [2.24, 2.45) is 5.73 Å². The van der Waals surface area contributed by atoms with Crippen molar-refractivity contribution in [3.8, 4) is 0 Å². The van der Waals surface area contributed by atoms with Crippen LogP contribution in [0.5, 0.6) is 0 Å². The highest BCUT2D eigenvalue weighted by Gasteiger charge is 2.10. The number of halogens is 3. The van der Waals surface area contributed by atoms with Gasteiger partial charge in [-0.25, -0.2) is 9.07 Å². The Morgan fingerprint density at radius 3 is 2.60 bits per heavy atom. The number of hydrogen-bond donors (Lipinski definition) is 2. The molecule has 9 heteroatoms. The van der Waals surface area contributed by atoms with Crippen LogP contribution in [0.15, 0.2) is 18.3 Å². The number of hydrogen-bond acceptors (Lipinski definition) is 4. The van der Waals surface area contributed by atoms with Crippen molar-refractivity contribution in [1.82, 2.24) is 15.0 Å². The van der Waals surface area contributed by atoms with Crippen molar-refractivity contribution < 1.29 is 9.18 Å². The van der Waals surface area contributed by atoms with Gasteiger partial charge in [-0.05, 0) is 12.1 Å². The van der Waals surface area contributed by atoms with Crippen LogP contribution in [-0.4, -0.2) is 20.9 Å². The zero-order valence-corrected chi connectivity index (χ0v) is 11.6. The number of rotatable bonds is 4. The molecule has 2 rings (SSSR count). The topological polar surface area (TPSA) is 85.8 Å². The van der Waals surface area contributed by atoms with Crippen molar-refractivity contribution in [2.75, 3.05) is 5.32 Å². The van der Waals surface area contributed by atoms with Crippen LogP contribution >= 0.6 is 23.2 Å². The van der Waals surface area contributed by atoms with Gasteiger partial charge in [-0.2, -0.15) is 0 Å². The van der Waals surface area contributed by atoms with Crippen LogP contribution in [0.25, 0.3) is 0 Å². The SMILES string of the molecule is NCc1cn(CC(=O)Nc2cc(Cl)c(F)c(Cl)c2)nn1. The molecule has 0 atom stereocenters. The molecule has 0 aliphatic heterocycles. The van der Waals surface area contributed by atoms with E-state index in [1.54, 1.807) is 6.20 Å². The lowest BCUT2D eigenvalue weighted by molar-refractivity contribution is -0.116. The van der Waals surface area contributed by atoms with E-state index in [-0.39, 0.29) is 29.0 Å². The molecule has 0 radical (unpaired) electrons. The maximum absolute atomic E-state index is 13.2. The van der Waals surface area contributed by atoms with E-state index >= 15 is 0 Å². The molecule has 0 spiro atoms. The molecule has 0 aliphatic carbocycles. The van der Waals surface area contributed by atoms with Crippen molar-refractivity contribution in [3.63, 3.8) is 0 Å². The lowest BCUT2D eigenvalue weighted by atomic mass is 10.3. The van der Waals surface area contributed by atoms with E-state index in [9.17, 15) is 9.18 Å². The molecule has 0 saturated carbocycles. The van der Waals surface area contributed by atoms with E-state index in [2.05, 4.69) is 15.6 Å². The van der Waals surface area contributed by atoms with Crippen LogP contribution in [-0.2, 0) is 17.9 Å². The fourth-order valence-electron chi connectivity index (χ4n) is 1.48. The predicted octanol–water partition coefficient (Wildman–Crippen LogP) is 1.82. The molecule has 0 fully saturated rings. The minimum atomic E-state index is -0.727. The number of nitrogens with zero attached hydrogens (tertiary/aromatic N) is 3. The molecule has 0 unspecified atom stereocenters. The zero-order chi connectivity index (χ0) is 14.7. The Labute approximate surface area is 123 Å². The molecule has 3 N–H and O–H groups in total. The number of carbonyl (C=O) groups is 1. The Morgan fingerprint density at radius 2 is 2.05 bits per heavy atom. The Kier molecular flexibility index (Phi) is 4.53. The van der Waals surface area contributed by atoms with Crippen molar-refractivity contribution in [1.29, 1.82) is 0 Å². The van der Waals surface area contributed by atoms with E-state index in [4.69, 9.17) is 28.9 Å². The quantitative estimate of drug-likeness (QED) is 0.842. The Hall–Kier alpha value is -1.70. The molecule has 0 aliphatic rings. The molecule has 1 amide bonds. The molecule has 1 heterocycles. The first-order valence-corrected chi connectivity index (χ1v) is 6.28. The fraction of sp³-hybridized carbons (Fsp3) is 0.182. The summed E-state index contributed by atoms with van der Waals surface area (Å²) in [4.78, 5) is 11.8. The lowest BCUT2D eigenvalue weighted by Crippen LogP contribution is -2.19. The highest BCUT2D eigenvalue weighted by atomic mass is 35.5. The number of benzene rings is 1. The van der Waals surface area contributed by atoms with Crippen molar-refractivity contribution in [3.05, 3.63) is 39.9 Å². The van der Waals surface area contributed by atoms with Crippen LogP contribution in [0, 0.1) is 5.82 Å². The number of anilines is 1. The first-order valence-electron chi connectivity index (χ1n) is 5.53. The molecule has 6 nitrogen and oxygen atoms in total. The maximum atomic E-state index is 13.2. The van der Waals surface area contributed by atoms with Gasteiger partial charge in [0.15, 0.2) is 5.82 Å². The summed E-state index contributed by atoms with van der Waals surface area (Å²) in [6.45, 7) is 0.185. The molecule has 0 saturated heterocycles. The summed E-state index contributed by atoms with van der Waals surface area (Å²) >= 11 is 11.3. The second-order valence-electron chi connectivity index (χ2n) is 3.91. The lowest BCUT2D eigenvalue weighted by Gasteiger charge is -2.07. The van der Waals surface area contributed by atoms with Crippen LogP contribution in [0.4, 0.5) is 10.1 Å². The zero-order valence-electron chi connectivity index (χ0n) is 10.1. The average molecular weight is 318 g/mol. The van der Waals surface area contributed by atoms with E-state index < -0.39 is 5.82 Å². The van der Waals surface area contributed by atoms with Crippen molar-refractivity contribution in [2.45, 2.75) is 13.1 Å². The number of nitrogens with two attached hydrogens (primary N) is 1. The first kappa shape index (κ1) is 14.7. The third kappa shape index (κ3) is 3.44. The Bertz CT molecular complexity index is 622. The molecule has 1 aromatic carbocycles. The minimum Gasteiger partial charge on any atom is -0.325 e. The molecular formula is C11H10Cl2FN5O. The van der Waals surface area contributed by atoms with E-state index in [1.807, 2.05) is 0 Å². The van der Waals surface area contributed by atoms with Gasteiger partial charge in [0.05, 0.1) is 21.9 Å². The second kappa shape index (κ2) is 6.17. The molecule has 1 aromatic heterocycles. The van der Waals surface area contributed by atoms with E-state index in [0.29, 0.717) is 11.4 Å². The van der Waals surface area contributed by atoms with E-state index in [1.165, 1.54) is 16.8 Å². The normalized spacial score (nSPS) is 10.6. The van der Waals surface area contributed by atoms with Gasteiger partial charge in [0.2, 0.25) is 5.91 Å². The molecule has 2 aromatic rings. The van der Waals surface area contributed by atoms with Gasteiger partial charge in [-0.15, -0.1) is 5.10 Å². The summed E-state index contributed by atoms with van der Waals surface area (Å²) in [5.74, 6) is -1.10. The predicted molar refractivity (Wildman–Crippen MR) is 73.0 cm³/mol. The molecular weight excluding hydrogens is 308 g/mol. The van der Waals surface area contributed by atoms with Gasteiger partial charge in [0.25, 0.3) is 0 Å². The molecule has 0 bridgehead atoms. The summed E-state index contributed by atoms with van der Waals surface area (Å²) in [5.41, 5.74) is 6.26. The molecule has 20 heavy (non-hydrogen) atoms. The van der Waals surface area contributed by atoms with Gasteiger partial charge >= 0.3 is 0 Å². The number of nitrogens with one attached hydrogen (secondary N) is 1. The highest BCUT2D eigenvalue weighted by molar-refractivity contribution is 6.35. The van der Waals surface area contributed by atoms with E-state index in [0.717, 1.165) is 0 Å². The van der Waals surface area contributed by atoms with Crippen LogP contribution in [0.2, 0.25) is 10.0 Å². The monoisotopic (exact) mass is 317 g/mol. The van der Waals surface area contributed by atoms with Crippen LogP contribution in [0.3, 0.4) is 0 Å². The average Bonchev–Trinajstić information content (AvgIpc) is 2.83. The number of carbonyl (C=O) groups excluding carboxylic acids is 1. The number of amides is 1. The van der Waals surface area contributed by atoms with Gasteiger partial charge in [0.1, 0.15) is 6.54 Å². The smallest absolute Gasteiger partial charge is 0.246 e. The summed E-state index contributed by atoms with van der Waals surface area (Å²) < 4.78 is 14.6. The summed E-state index contributed by atoms with van der Waals surface area (Å²) in [6.07, 6.45) is 1.56. The Balaban J connectivity index is 2.04. The third-order valence-electron chi connectivity index (χ3n) is 2.37. The standard InChI is InChI=1S/C11H10Cl2FN5O/c12-8-1-6(2-9(13)11(8)14)16-10(20)5-19-4-7(3-15)17-18-19/h1-2,4H,3,5,15H2,(H,16,20). The van der Waals surface area contributed by atoms with Crippen molar-refractivity contribution >= 4 is 34.8 Å². The summed E-state index contributed by atoms with van der Waals surface area (Å²) in [6, 6.07) is 2.54. The summed E-state index contributed by atoms with van der Waals surface area (Å²) in [7, 11) is 0. The van der Waals surface area contributed by atoms with Crippen LogP contribution < -0.4 is 11.1 Å². The summed E-state index contributed by atoms with van der Waals surface area (Å²) in [5, 5.41) is 9.68. The second-order valence-corrected chi connectivity index (χ2v) is 4.73. The fourth-order valence-corrected chi connectivity index (χ4v) is 1.97.